The monoisotopic (exact) mass is 405 g/mol. The first-order valence-corrected chi connectivity index (χ1v) is 9.96. The highest BCUT2D eigenvalue weighted by molar-refractivity contribution is 7.07. The summed E-state index contributed by atoms with van der Waals surface area (Å²) < 4.78 is 0. The molecule has 2 aliphatic rings. The maximum atomic E-state index is 13.3. The minimum Gasteiger partial charge on any atom is -0.366 e. The zero-order valence-corrected chi connectivity index (χ0v) is 16.7. The molecule has 1 aromatic heterocycles. The smallest absolute Gasteiger partial charge is 0.254 e. The Bertz CT molecular complexity index is 801. The third-order valence-electron chi connectivity index (χ3n) is 5.73. The standard InChI is InChI=1S/C20H23N3O2S.ClH/c21-18(24)15-1-3-16(4-2-15)19(25)23(12-14-5-10-26-13-14)17-11-20(17)6-8-22-9-7-20;/h1-5,10,13,17,22H,6-9,11-12H2,(H2,21,24);1H. The minimum absolute atomic E-state index is 0. The normalized spacial score (nSPS) is 19.9. The number of primary amides is 1. The maximum absolute atomic E-state index is 13.3. The summed E-state index contributed by atoms with van der Waals surface area (Å²) in [6, 6.07) is 9.06. The number of amides is 2. The SMILES string of the molecule is Cl.NC(=O)c1ccc(C(=O)N(Cc2ccsc2)C2CC23CCNCC3)cc1. The summed E-state index contributed by atoms with van der Waals surface area (Å²) >= 11 is 1.65. The van der Waals surface area contributed by atoms with Crippen LogP contribution in [0.25, 0.3) is 0 Å². The van der Waals surface area contributed by atoms with Gasteiger partial charge in [0.25, 0.3) is 5.91 Å². The fraction of sp³-hybridized carbons (Fsp3) is 0.400. The lowest BCUT2D eigenvalue weighted by Crippen LogP contribution is -2.39. The van der Waals surface area contributed by atoms with Crippen LogP contribution >= 0.6 is 23.7 Å². The number of carbonyl (C=O) groups is 2. The summed E-state index contributed by atoms with van der Waals surface area (Å²) in [5.41, 5.74) is 7.79. The molecule has 2 heterocycles. The predicted molar refractivity (Wildman–Crippen MR) is 109 cm³/mol. The van der Waals surface area contributed by atoms with Gasteiger partial charge < -0.3 is 16.0 Å². The first-order valence-electron chi connectivity index (χ1n) is 9.02. The van der Waals surface area contributed by atoms with Crippen molar-refractivity contribution in [3.05, 3.63) is 57.8 Å². The maximum Gasteiger partial charge on any atom is 0.254 e. The van der Waals surface area contributed by atoms with Gasteiger partial charge in [-0.25, -0.2) is 0 Å². The predicted octanol–water partition coefficient (Wildman–Crippen LogP) is 3.05. The van der Waals surface area contributed by atoms with Crippen molar-refractivity contribution in [3.63, 3.8) is 0 Å². The number of benzene rings is 1. The molecular formula is C20H24ClN3O2S. The van der Waals surface area contributed by atoms with Gasteiger partial charge >= 0.3 is 0 Å². The third kappa shape index (κ3) is 4.03. The van der Waals surface area contributed by atoms with Gasteiger partial charge in [-0.3, -0.25) is 9.59 Å². The van der Waals surface area contributed by atoms with Gasteiger partial charge in [-0.15, -0.1) is 12.4 Å². The molecule has 1 saturated carbocycles. The summed E-state index contributed by atoms with van der Waals surface area (Å²) in [6.45, 7) is 2.70. The van der Waals surface area contributed by atoms with Gasteiger partial charge in [0, 0.05) is 23.7 Å². The number of nitrogens with one attached hydrogen (secondary N) is 1. The number of hydrogen-bond donors (Lipinski definition) is 2. The molecule has 5 nitrogen and oxygen atoms in total. The summed E-state index contributed by atoms with van der Waals surface area (Å²) in [7, 11) is 0. The number of carbonyl (C=O) groups excluding carboxylic acids is 2. The molecule has 144 valence electrons. The molecule has 2 amide bonds. The van der Waals surface area contributed by atoms with E-state index in [-0.39, 0.29) is 23.7 Å². The summed E-state index contributed by atoms with van der Waals surface area (Å²) in [4.78, 5) is 26.6. The highest BCUT2D eigenvalue weighted by Crippen LogP contribution is 2.56. The second-order valence-corrected chi connectivity index (χ2v) is 8.12. The highest BCUT2D eigenvalue weighted by atomic mass is 35.5. The zero-order chi connectivity index (χ0) is 18.1. The Morgan fingerprint density at radius 1 is 1.15 bits per heavy atom. The Labute approximate surface area is 169 Å². The highest BCUT2D eigenvalue weighted by Gasteiger charge is 2.57. The van der Waals surface area contributed by atoms with Crippen molar-refractivity contribution in [3.8, 4) is 0 Å². The average molecular weight is 406 g/mol. The van der Waals surface area contributed by atoms with Crippen LogP contribution in [0.5, 0.6) is 0 Å². The first-order chi connectivity index (χ1) is 12.6. The molecule has 1 unspecified atom stereocenters. The second-order valence-electron chi connectivity index (χ2n) is 7.34. The third-order valence-corrected chi connectivity index (χ3v) is 6.46. The minimum atomic E-state index is -0.477. The molecule has 0 radical (unpaired) electrons. The van der Waals surface area contributed by atoms with E-state index in [9.17, 15) is 9.59 Å². The Hall–Kier alpha value is -1.89. The van der Waals surface area contributed by atoms with Crippen LogP contribution in [0, 0.1) is 5.41 Å². The van der Waals surface area contributed by atoms with Crippen LogP contribution in [0.1, 0.15) is 45.5 Å². The van der Waals surface area contributed by atoms with Crippen LogP contribution in [0.2, 0.25) is 0 Å². The number of nitrogens with two attached hydrogens (primary N) is 1. The summed E-state index contributed by atoms with van der Waals surface area (Å²) in [6.07, 6.45) is 3.35. The van der Waals surface area contributed by atoms with Crippen LogP contribution < -0.4 is 11.1 Å². The molecule has 1 saturated heterocycles. The van der Waals surface area contributed by atoms with Gasteiger partial charge in [0.15, 0.2) is 0 Å². The fourth-order valence-corrected chi connectivity index (χ4v) is 4.73. The molecule has 3 N–H and O–H groups in total. The van der Waals surface area contributed by atoms with Crippen molar-refractivity contribution in [2.24, 2.45) is 11.1 Å². The van der Waals surface area contributed by atoms with E-state index in [4.69, 9.17) is 5.73 Å². The molecule has 1 spiro atoms. The van der Waals surface area contributed by atoms with Gasteiger partial charge in [0.2, 0.25) is 5.91 Å². The molecule has 0 bridgehead atoms. The quantitative estimate of drug-likeness (QED) is 0.802. The summed E-state index contributed by atoms with van der Waals surface area (Å²) in [5, 5.41) is 7.57. The van der Waals surface area contributed by atoms with Crippen LogP contribution in [-0.2, 0) is 6.54 Å². The number of thiophene rings is 1. The van der Waals surface area contributed by atoms with E-state index in [0.717, 1.165) is 32.4 Å². The fourth-order valence-electron chi connectivity index (χ4n) is 4.07. The molecule has 2 aromatic rings. The van der Waals surface area contributed by atoms with Gasteiger partial charge in [0.05, 0.1) is 0 Å². The van der Waals surface area contributed by atoms with Crippen molar-refractivity contribution in [2.75, 3.05) is 13.1 Å². The Kier molecular flexibility index (Phi) is 5.89. The lowest BCUT2D eigenvalue weighted by Gasteiger charge is -2.29. The van der Waals surface area contributed by atoms with E-state index in [2.05, 4.69) is 16.8 Å². The molecule has 4 rings (SSSR count). The molecule has 1 aliphatic carbocycles. The topological polar surface area (TPSA) is 75.4 Å². The first kappa shape index (κ1) is 19.9. The van der Waals surface area contributed by atoms with Gasteiger partial charge in [0.1, 0.15) is 0 Å². The van der Waals surface area contributed by atoms with Crippen molar-refractivity contribution in [2.45, 2.75) is 31.8 Å². The second kappa shape index (κ2) is 8.00. The van der Waals surface area contributed by atoms with Crippen molar-refractivity contribution >= 4 is 35.6 Å². The van der Waals surface area contributed by atoms with Crippen molar-refractivity contribution in [1.29, 1.82) is 0 Å². The molecule has 1 atom stereocenters. The van der Waals surface area contributed by atoms with E-state index in [1.807, 2.05) is 10.3 Å². The largest absolute Gasteiger partial charge is 0.366 e. The molecule has 27 heavy (non-hydrogen) atoms. The molecule has 1 aromatic carbocycles. The number of halogens is 1. The Morgan fingerprint density at radius 2 is 1.81 bits per heavy atom. The zero-order valence-electron chi connectivity index (χ0n) is 15.0. The van der Waals surface area contributed by atoms with Crippen LogP contribution in [0.4, 0.5) is 0 Å². The lowest BCUT2D eigenvalue weighted by atomic mass is 9.93. The van der Waals surface area contributed by atoms with Gasteiger partial charge in [-0.2, -0.15) is 11.3 Å². The van der Waals surface area contributed by atoms with E-state index in [1.54, 1.807) is 35.6 Å². The van der Waals surface area contributed by atoms with Crippen LogP contribution in [0.15, 0.2) is 41.1 Å². The van der Waals surface area contributed by atoms with E-state index in [0.29, 0.717) is 23.7 Å². The molecular weight excluding hydrogens is 382 g/mol. The number of piperidine rings is 1. The van der Waals surface area contributed by atoms with Crippen molar-refractivity contribution in [1.82, 2.24) is 10.2 Å². The molecule has 1 aliphatic heterocycles. The number of rotatable bonds is 5. The van der Waals surface area contributed by atoms with Crippen molar-refractivity contribution < 1.29 is 9.59 Å². The average Bonchev–Trinajstić information content (AvgIpc) is 3.08. The number of hydrogen-bond acceptors (Lipinski definition) is 4. The molecule has 2 fully saturated rings. The van der Waals surface area contributed by atoms with Crippen LogP contribution in [0.3, 0.4) is 0 Å². The Morgan fingerprint density at radius 3 is 2.41 bits per heavy atom. The summed E-state index contributed by atoms with van der Waals surface area (Å²) in [5.74, 6) is -0.442. The van der Waals surface area contributed by atoms with E-state index >= 15 is 0 Å². The van der Waals surface area contributed by atoms with Crippen LogP contribution in [-0.4, -0.2) is 35.8 Å². The van der Waals surface area contributed by atoms with E-state index < -0.39 is 5.91 Å². The van der Waals surface area contributed by atoms with Gasteiger partial charge in [-0.05, 0) is 84.4 Å². The molecule has 7 heteroatoms. The van der Waals surface area contributed by atoms with Gasteiger partial charge in [-0.1, -0.05) is 0 Å². The number of nitrogens with zero attached hydrogens (tertiary/aromatic N) is 1. The van der Waals surface area contributed by atoms with E-state index in [1.165, 1.54) is 5.56 Å². The Balaban J connectivity index is 0.00000210. The lowest BCUT2D eigenvalue weighted by molar-refractivity contribution is 0.0692.